The summed E-state index contributed by atoms with van der Waals surface area (Å²) in [5.41, 5.74) is 1.10. The molecule has 0 aliphatic rings. The van der Waals surface area contributed by atoms with Crippen LogP contribution in [0.1, 0.15) is 37.6 Å². The second-order valence-electron chi connectivity index (χ2n) is 5.48. The zero-order chi connectivity index (χ0) is 17.5. The summed E-state index contributed by atoms with van der Waals surface area (Å²) in [7, 11) is 0. The van der Waals surface area contributed by atoms with E-state index >= 15 is 0 Å². The third-order valence-electron chi connectivity index (χ3n) is 3.52. The molecule has 0 radical (unpaired) electrons. The fourth-order valence-corrected chi connectivity index (χ4v) is 2.36. The Morgan fingerprint density at radius 3 is 2.50 bits per heavy atom. The molecule has 1 aromatic carbocycles. The molecule has 0 aliphatic carbocycles. The van der Waals surface area contributed by atoms with Gasteiger partial charge in [0.15, 0.2) is 0 Å². The van der Waals surface area contributed by atoms with E-state index < -0.39 is 0 Å². The van der Waals surface area contributed by atoms with Crippen molar-refractivity contribution >= 4 is 11.9 Å². The van der Waals surface area contributed by atoms with Crippen LogP contribution in [-0.2, 0) is 9.53 Å². The Labute approximate surface area is 141 Å². The SMILES string of the molecule is CCOC(=O)CCN(C(=O)c1ccccc1-n1nccn1)C(C)C. The molecule has 2 aromatic rings. The summed E-state index contributed by atoms with van der Waals surface area (Å²) in [5, 5.41) is 8.19. The van der Waals surface area contributed by atoms with E-state index in [1.807, 2.05) is 19.9 Å². The van der Waals surface area contributed by atoms with E-state index in [2.05, 4.69) is 10.2 Å². The average Bonchev–Trinajstić information content (AvgIpc) is 3.09. The first kappa shape index (κ1) is 17.7. The van der Waals surface area contributed by atoms with Crippen LogP contribution in [-0.4, -0.2) is 51.0 Å². The number of carbonyl (C=O) groups excluding carboxylic acids is 2. The summed E-state index contributed by atoms with van der Waals surface area (Å²) in [5.74, 6) is -0.472. The first-order valence-corrected chi connectivity index (χ1v) is 7.97. The predicted octanol–water partition coefficient (Wildman–Crippen LogP) is 2.07. The van der Waals surface area contributed by atoms with E-state index in [1.54, 1.807) is 42.4 Å². The predicted molar refractivity (Wildman–Crippen MR) is 88.8 cm³/mol. The van der Waals surface area contributed by atoms with Crippen molar-refractivity contribution in [3.63, 3.8) is 0 Å². The van der Waals surface area contributed by atoms with Crippen LogP contribution in [0.25, 0.3) is 5.69 Å². The number of esters is 1. The summed E-state index contributed by atoms with van der Waals surface area (Å²) < 4.78 is 4.94. The lowest BCUT2D eigenvalue weighted by Crippen LogP contribution is -2.39. The van der Waals surface area contributed by atoms with E-state index in [0.717, 1.165) is 0 Å². The molecule has 7 nitrogen and oxygen atoms in total. The number of benzene rings is 1. The molecule has 0 spiro atoms. The first-order chi connectivity index (χ1) is 11.5. The number of ether oxygens (including phenoxy) is 1. The number of rotatable bonds is 7. The number of hydrogen-bond acceptors (Lipinski definition) is 5. The van der Waals surface area contributed by atoms with Crippen LogP contribution < -0.4 is 0 Å². The second kappa shape index (κ2) is 8.24. The van der Waals surface area contributed by atoms with E-state index in [9.17, 15) is 9.59 Å². The smallest absolute Gasteiger partial charge is 0.307 e. The Balaban J connectivity index is 2.23. The van der Waals surface area contributed by atoms with Crippen molar-refractivity contribution in [1.82, 2.24) is 19.9 Å². The molecule has 128 valence electrons. The molecule has 0 unspecified atom stereocenters. The van der Waals surface area contributed by atoms with Crippen molar-refractivity contribution in [3.05, 3.63) is 42.2 Å². The van der Waals surface area contributed by atoms with Crippen LogP contribution in [0.5, 0.6) is 0 Å². The van der Waals surface area contributed by atoms with Gasteiger partial charge in [0, 0.05) is 12.6 Å². The molecule has 1 heterocycles. The lowest BCUT2D eigenvalue weighted by atomic mass is 10.1. The van der Waals surface area contributed by atoms with Gasteiger partial charge in [0.2, 0.25) is 0 Å². The summed E-state index contributed by atoms with van der Waals surface area (Å²) >= 11 is 0. The summed E-state index contributed by atoms with van der Waals surface area (Å²) in [6.07, 6.45) is 3.28. The maximum Gasteiger partial charge on any atom is 0.307 e. The minimum absolute atomic E-state index is 0.0504. The van der Waals surface area contributed by atoms with Gasteiger partial charge in [0.1, 0.15) is 0 Å². The first-order valence-electron chi connectivity index (χ1n) is 7.97. The van der Waals surface area contributed by atoms with Crippen molar-refractivity contribution in [2.45, 2.75) is 33.2 Å². The van der Waals surface area contributed by atoms with Gasteiger partial charge < -0.3 is 9.64 Å². The molecular formula is C17H22N4O3. The summed E-state index contributed by atoms with van der Waals surface area (Å²) in [6.45, 7) is 6.23. The zero-order valence-corrected chi connectivity index (χ0v) is 14.2. The normalized spacial score (nSPS) is 10.7. The van der Waals surface area contributed by atoms with Crippen LogP contribution in [0.2, 0.25) is 0 Å². The van der Waals surface area contributed by atoms with Crippen molar-refractivity contribution in [2.75, 3.05) is 13.2 Å². The number of aromatic nitrogens is 3. The molecular weight excluding hydrogens is 308 g/mol. The molecule has 0 saturated heterocycles. The monoisotopic (exact) mass is 330 g/mol. The Bertz CT molecular complexity index is 683. The summed E-state index contributed by atoms with van der Waals surface area (Å²) in [4.78, 5) is 27.6. The fraction of sp³-hybridized carbons (Fsp3) is 0.412. The van der Waals surface area contributed by atoms with Crippen molar-refractivity contribution < 1.29 is 14.3 Å². The van der Waals surface area contributed by atoms with Crippen molar-refractivity contribution in [2.24, 2.45) is 0 Å². The van der Waals surface area contributed by atoms with Gasteiger partial charge in [-0.05, 0) is 32.9 Å². The lowest BCUT2D eigenvalue weighted by molar-refractivity contribution is -0.143. The topological polar surface area (TPSA) is 77.3 Å². The highest BCUT2D eigenvalue weighted by Crippen LogP contribution is 2.17. The number of hydrogen-bond donors (Lipinski definition) is 0. The minimum Gasteiger partial charge on any atom is -0.466 e. The number of carbonyl (C=O) groups is 2. The van der Waals surface area contributed by atoms with Gasteiger partial charge in [-0.3, -0.25) is 9.59 Å². The molecule has 1 aromatic heterocycles. The highest BCUT2D eigenvalue weighted by molar-refractivity contribution is 5.98. The number of para-hydroxylation sites is 1. The Morgan fingerprint density at radius 2 is 1.88 bits per heavy atom. The van der Waals surface area contributed by atoms with Crippen molar-refractivity contribution in [3.8, 4) is 5.69 Å². The second-order valence-corrected chi connectivity index (χ2v) is 5.48. The molecule has 2 rings (SSSR count). The third-order valence-corrected chi connectivity index (χ3v) is 3.52. The van der Waals surface area contributed by atoms with Crippen LogP contribution in [0.15, 0.2) is 36.7 Å². The maximum atomic E-state index is 13.0. The molecule has 0 saturated carbocycles. The standard InChI is InChI=1S/C17H22N4O3/c1-4-24-16(22)9-12-20(13(2)3)17(23)14-7-5-6-8-15(14)21-18-10-11-19-21/h5-8,10-11,13H,4,9,12H2,1-3H3. The zero-order valence-electron chi connectivity index (χ0n) is 14.2. The third kappa shape index (κ3) is 4.18. The lowest BCUT2D eigenvalue weighted by Gasteiger charge is -2.27. The van der Waals surface area contributed by atoms with Gasteiger partial charge in [-0.25, -0.2) is 0 Å². The molecule has 0 fully saturated rings. The van der Waals surface area contributed by atoms with Gasteiger partial charge >= 0.3 is 5.97 Å². The Hall–Kier alpha value is -2.70. The van der Waals surface area contributed by atoms with Gasteiger partial charge in [0.05, 0.1) is 36.7 Å². The number of nitrogens with zero attached hydrogens (tertiary/aromatic N) is 4. The number of amides is 1. The molecule has 1 amide bonds. The van der Waals surface area contributed by atoms with Gasteiger partial charge in [-0.15, -0.1) is 0 Å². The minimum atomic E-state index is -0.307. The average molecular weight is 330 g/mol. The molecule has 0 atom stereocenters. The molecule has 0 bridgehead atoms. The van der Waals surface area contributed by atoms with Crippen LogP contribution in [0, 0.1) is 0 Å². The highest BCUT2D eigenvalue weighted by atomic mass is 16.5. The van der Waals surface area contributed by atoms with Crippen LogP contribution >= 0.6 is 0 Å². The van der Waals surface area contributed by atoms with E-state index in [1.165, 1.54) is 4.80 Å². The van der Waals surface area contributed by atoms with Crippen LogP contribution in [0.4, 0.5) is 0 Å². The molecule has 0 aliphatic heterocycles. The Kier molecular flexibility index (Phi) is 6.06. The molecule has 0 N–H and O–H groups in total. The fourth-order valence-electron chi connectivity index (χ4n) is 2.36. The van der Waals surface area contributed by atoms with E-state index in [0.29, 0.717) is 24.4 Å². The molecule has 7 heteroatoms. The largest absolute Gasteiger partial charge is 0.466 e. The van der Waals surface area contributed by atoms with Crippen molar-refractivity contribution in [1.29, 1.82) is 0 Å². The van der Waals surface area contributed by atoms with Gasteiger partial charge in [-0.1, -0.05) is 12.1 Å². The maximum absolute atomic E-state index is 13.0. The quantitative estimate of drug-likeness (QED) is 0.726. The highest BCUT2D eigenvalue weighted by Gasteiger charge is 2.23. The van der Waals surface area contributed by atoms with Gasteiger partial charge in [-0.2, -0.15) is 15.0 Å². The summed E-state index contributed by atoms with van der Waals surface area (Å²) in [6, 6.07) is 7.10. The van der Waals surface area contributed by atoms with Gasteiger partial charge in [0.25, 0.3) is 5.91 Å². The van der Waals surface area contributed by atoms with E-state index in [-0.39, 0.29) is 24.3 Å². The molecule has 24 heavy (non-hydrogen) atoms. The van der Waals surface area contributed by atoms with E-state index in [4.69, 9.17) is 4.74 Å². The van der Waals surface area contributed by atoms with Crippen LogP contribution in [0.3, 0.4) is 0 Å². The Morgan fingerprint density at radius 1 is 1.21 bits per heavy atom.